The van der Waals surface area contributed by atoms with E-state index in [4.69, 9.17) is 10.5 Å². The van der Waals surface area contributed by atoms with Crippen LogP contribution in [0.2, 0.25) is 0 Å². The fraction of sp³-hybridized carbons (Fsp3) is 0.400. The van der Waals surface area contributed by atoms with Crippen molar-refractivity contribution in [2.24, 2.45) is 5.73 Å². The first kappa shape index (κ1) is 11.6. The maximum atomic E-state index is 11.2. The lowest BCUT2D eigenvalue weighted by Crippen LogP contribution is -2.38. The third-order valence-corrected chi connectivity index (χ3v) is 1.92. The Hall–Kier alpha value is -1.46. The number of carbonyl (C=O) groups is 1. The van der Waals surface area contributed by atoms with Gasteiger partial charge in [0.25, 0.3) is 0 Å². The lowest BCUT2D eigenvalue weighted by molar-refractivity contribution is -0.147. The zero-order valence-corrected chi connectivity index (χ0v) is 8.46. The quantitative estimate of drug-likeness (QED) is 0.683. The van der Waals surface area contributed by atoms with Gasteiger partial charge < -0.3 is 15.6 Å². The summed E-state index contributed by atoms with van der Waals surface area (Å²) in [5.41, 5.74) is 6.02. The Balaban J connectivity index is 2.68. The lowest BCUT2D eigenvalue weighted by atomic mass is 10.1. The molecule has 0 spiro atoms. The highest BCUT2D eigenvalue weighted by Gasteiger charge is 2.25. The van der Waals surface area contributed by atoms with E-state index in [0.29, 0.717) is 5.56 Å². The van der Waals surface area contributed by atoms with E-state index < -0.39 is 18.1 Å². The highest BCUT2D eigenvalue weighted by Crippen LogP contribution is 2.14. The summed E-state index contributed by atoms with van der Waals surface area (Å²) >= 11 is 0. The molecular weight excluding hydrogens is 196 g/mol. The van der Waals surface area contributed by atoms with Gasteiger partial charge in [0.2, 0.25) is 0 Å². The molecule has 0 aliphatic carbocycles. The molecule has 0 aliphatic rings. The van der Waals surface area contributed by atoms with E-state index >= 15 is 0 Å². The fourth-order valence-electron chi connectivity index (χ4n) is 1.13. The van der Waals surface area contributed by atoms with Crippen LogP contribution in [-0.2, 0) is 9.53 Å². The first-order chi connectivity index (χ1) is 7.16. The van der Waals surface area contributed by atoms with Crippen LogP contribution in [0.25, 0.3) is 0 Å². The summed E-state index contributed by atoms with van der Waals surface area (Å²) in [6.45, 7) is 1.92. The molecule has 1 aromatic heterocycles. The second kappa shape index (κ2) is 5.43. The van der Waals surface area contributed by atoms with Crippen molar-refractivity contribution in [3.63, 3.8) is 0 Å². The molecule has 1 aromatic rings. The average molecular weight is 210 g/mol. The number of hydrogen-bond donors (Lipinski definition) is 2. The number of carbonyl (C=O) groups excluding carboxylic acids is 1. The molecule has 0 amide bonds. The van der Waals surface area contributed by atoms with Crippen LogP contribution in [0.15, 0.2) is 24.5 Å². The molecule has 5 nitrogen and oxygen atoms in total. The SMILES string of the molecule is CCOC(=O)[C@@H](N)[C@H](O)c1cccnc1. The smallest absolute Gasteiger partial charge is 0.325 e. The minimum atomic E-state index is -1.09. The fourth-order valence-corrected chi connectivity index (χ4v) is 1.13. The van der Waals surface area contributed by atoms with E-state index in [1.165, 1.54) is 6.20 Å². The summed E-state index contributed by atoms with van der Waals surface area (Å²) in [7, 11) is 0. The average Bonchev–Trinajstić information content (AvgIpc) is 2.28. The molecule has 1 rings (SSSR count). The zero-order valence-electron chi connectivity index (χ0n) is 8.46. The number of hydrogen-bond acceptors (Lipinski definition) is 5. The number of pyridine rings is 1. The molecule has 0 bridgehead atoms. The number of ether oxygens (including phenoxy) is 1. The van der Waals surface area contributed by atoms with Gasteiger partial charge in [-0.1, -0.05) is 6.07 Å². The van der Waals surface area contributed by atoms with E-state index in [1.54, 1.807) is 25.3 Å². The van der Waals surface area contributed by atoms with Crippen LogP contribution in [0.3, 0.4) is 0 Å². The van der Waals surface area contributed by atoms with Crippen molar-refractivity contribution in [2.75, 3.05) is 6.61 Å². The topological polar surface area (TPSA) is 85.4 Å². The van der Waals surface area contributed by atoms with Crippen molar-refractivity contribution in [1.29, 1.82) is 0 Å². The van der Waals surface area contributed by atoms with Gasteiger partial charge in [0.15, 0.2) is 0 Å². The molecule has 5 heteroatoms. The monoisotopic (exact) mass is 210 g/mol. The minimum Gasteiger partial charge on any atom is -0.465 e. The second-order valence-electron chi connectivity index (χ2n) is 3.01. The number of aromatic nitrogens is 1. The molecule has 0 aromatic carbocycles. The summed E-state index contributed by atoms with van der Waals surface area (Å²) in [4.78, 5) is 15.1. The Bertz CT molecular complexity index is 316. The first-order valence-electron chi connectivity index (χ1n) is 4.67. The Morgan fingerprint density at radius 3 is 3.00 bits per heavy atom. The molecule has 1 heterocycles. The van der Waals surface area contributed by atoms with Gasteiger partial charge in [-0.3, -0.25) is 9.78 Å². The summed E-state index contributed by atoms with van der Waals surface area (Å²) in [5, 5.41) is 9.72. The molecule has 0 aliphatic heterocycles. The third-order valence-electron chi connectivity index (χ3n) is 1.92. The Kier molecular flexibility index (Phi) is 4.20. The van der Waals surface area contributed by atoms with Crippen LogP contribution in [0.4, 0.5) is 0 Å². The molecule has 0 radical (unpaired) electrons. The zero-order chi connectivity index (χ0) is 11.3. The second-order valence-corrected chi connectivity index (χ2v) is 3.01. The van der Waals surface area contributed by atoms with Crippen LogP contribution < -0.4 is 5.73 Å². The van der Waals surface area contributed by atoms with Gasteiger partial charge in [0, 0.05) is 18.0 Å². The third kappa shape index (κ3) is 3.00. The number of nitrogens with zero attached hydrogens (tertiary/aromatic N) is 1. The van der Waals surface area contributed by atoms with Crippen molar-refractivity contribution in [3.05, 3.63) is 30.1 Å². The van der Waals surface area contributed by atoms with Crippen molar-refractivity contribution >= 4 is 5.97 Å². The Morgan fingerprint density at radius 2 is 2.47 bits per heavy atom. The molecule has 0 unspecified atom stereocenters. The molecule has 0 saturated carbocycles. The summed E-state index contributed by atoms with van der Waals surface area (Å²) in [5.74, 6) is -0.617. The minimum absolute atomic E-state index is 0.242. The highest BCUT2D eigenvalue weighted by molar-refractivity contribution is 5.76. The van der Waals surface area contributed by atoms with Gasteiger partial charge in [-0.2, -0.15) is 0 Å². The largest absolute Gasteiger partial charge is 0.465 e. The van der Waals surface area contributed by atoms with Gasteiger partial charge in [0.1, 0.15) is 12.1 Å². The van der Waals surface area contributed by atoms with Crippen LogP contribution in [0.5, 0.6) is 0 Å². The van der Waals surface area contributed by atoms with Crippen LogP contribution in [0, 0.1) is 0 Å². The van der Waals surface area contributed by atoms with Crippen LogP contribution in [-0.4, -0.2) is 28.7 Å². The maximum Gasteiger partial charge on any atom is 0.325 e. The predicted octanol–water partition coefficient (Wildman–Crippen LogP) is 0.00540. The van der Waals surface area contributed by atoms with Gasteiger partial charge in [-0.15, -0.1) is 0 Å². The molecule has 0 saturated heterocycles. The van der Waals surface area contributed by atoms with E-state index in [9.17, 15) is 9.90 Å². The van der Waals surface area contributed by atoms with Crippen molar-refractivity contribution < 1.29 is 14.6 Å². The normalized spacial score (nSPS) is 14.3. The van der Waals surface area contributed by atoms with E-state index in [1.807, 2.05) is 0 Å². The van der Waals surface area contributed by atoms with Crippen LogP contribution in [0.1, 0.15) is 18.6 Å². The van der Waals surface area contributed by atoms with Crippen molar-refractivity contribution in [2.45, 2.75) is 19.1 Å². The molecule has 2 atom stereocenters. The number of rotatable bonds is 4. The predicted molar refractivity (Wildman–Crippen MR) is 53.8 cm³/mol. The van der Waals surface area contributed by atoms with Gasteiger partial charge in [0.05, 0.1) is 6.61 Å². The Morgan fingerprint density at radius 1 is 1.73 bits per heavy atom. The summed E-state index contributed by atoms with van der Waals surface area (Å²) < 4.78 is 4.70. The molecular formula is C10H14N2O3. The molecule has 15 heavy (non-hydrogen) atoms. The molecule has 82 valence electrons. The van der Waals surface area contributed by atoms with Gasteiger partial charge in [-0.25, -0.2) is 0 Å². The standard InChI is InChI=1S/C10H14N2O3/c1-2-15-10(14)8(11)9(13)7-4-3-5-12-6-7/h3-6,8-9,13H,2,11H2,1H3/t8-,9+/m0/s1. The first-order valence-corrected chi connectivity index (χ1v) is 4.67. The molecule has 3 N–H and O–H groups in total. The van der Waals surface area contributed by atoms with Crippen molar-refractivity contribution in [1.82, 2.24) is 4.98 Å². The van der Waals surface area contributed by atoms with Crippen LogP contribution >= 0.6 is 0 Å². The number of aliphatic hydroxyl groups is 1. The van der Waals surface area contributed by atoms with E-state index in [0.717, 1.165) is 0 Å². The van der Waals surface area contributed by atoms with E-state index in [2.05, 4.69) is 4.98 Å². The number of esters is 1. The lowest BCUT2D eigenvalue weighted by Gasteiger charge is -2.16. The maximum absolute atomic E-state index is 11.2. The highest BCUT2D eigenvalue weighted by atomic mass is 16.5. The van der Waals surface area contributed by atoms with Gasteiger partial charge in [-0.05, 0) is 13.0 Å². The Labute approximate surface area is 87.9 Å². The molecule has 0 fully saturated rings. The number of nitrogens with two attached hydrogens (primary N) is 1. The van der Waals surface area contributed by atoms with E-state index in [-0.39, 0.29) is 6.61 Å². The number of aliphatic hydroxyl groups excluding tert-OH is 1. The van der Waals surface area contributed by atoms with Gasteiger partial charge >= 0.3 is 5.97 Å². The summed E-state index contributed by atoms with van der Waals surface area (Å²) in [6.07, 6.45) is 1.95. The van der Waals surface area contributed by atoms with Crippen molar-refractivity contribution in [3.8, 4) is 0 Å². The summed E-state index contributed by atoms with van der Waals surface area (Å²) in [6, 6.07) is 2.24.